The second-order valence-electron chi connectivity index (χ2n) is 4.63. The van der Waals surface area contributed by atoms with Crippen molar-refractivity contribution in [2.24, 2.45) is 5.84 Å². The number of nitrogens with two attached hydrogens (primary N) is 1. The van der Waals surface area contributed by atoms with Crippen LogP contribution in [0.15, 0.2) is 18.2 Å². The van der Waals surface area contributed by atoms with Crippen molar-refractivity contribution in [1.29, 1.82) is 0 Å². The van der Waals surface area contributed by atoms with E-state index in [-0.39, 0.29) is 6.04 Å². The van der Waals surface area contributed by atoms with Crippen molar-refractivity contribution < 1.29 is 0 Å². The van der Waals surface area contributed by atoms with Gasteiger partial charge in [-0.2, -0.15) is 11.8 Å². The molecule has 2 unspecified atom stereocenters. The molecule has 0 aliphatic rings. The summed E-state index contributed by atoms with van der Waals surface area (Å²) in [6.45, 7) is 8.76. The van der Waals surface area contributed by atoms with E-state index in [1.54, 1.807) is 0 Å². The molecule has 0 amide bonds. The lowest BCUT2D eigenvalue weighted by atomic mass is 10.0. The van der Waals surface area contributed by atoms with Crippen molar-refractivity contribution in [3.05, 3.63) is 34.9 Å². The molecule has 3 heteroatoms. The highest BCUT2D eigenvalue weighted by molar-refractivity contribution is 7.99. The van der Waals surface area contributed by atoms with E-state index in [0.29, 0.717) is 5.25 Å². The Hall–Kier alpha value is -0.510. The van der Waals surface area contributed by atoms with E-state index < -0.39 is 0 Å². The lowest BCUT2D eigenvalue weighted by molar-refractivity contribution is 0.606. The first-order valence-corrected chi connectivity index (χ1v) is 7.28. The summed E-state index contributed by atoms with van der Waals surface area (Å²) in [6, 6.07) is 6.79. The van der Waals surface area contributed by atoms with Gasteiger partial charge in [-0.15, -0.1) is 0 Å². The molecule has 0 saturated carbocycles. The molecule has 2 nitrogen and oxygen atoms in total. The fourth-order valence-electron chi connectivity index (χ4n) is 1.74. The Labute approximate surface area is 109 Å². The van der Waals surface area contributed by atoms with Crippen LogP contribution in [0.3, 0.4) is 0 Å². The molecule has 0 aromatic heterocycles. The third kappa shape index (κ3) is 4.34. The van der Waals surface area contributed by atoms with Crippen molar-refractivity contribution in [2.75, 3.05) is 5.75 Å². The quantitative estimate of drug-likeness (QED) is 0.602. The van der Waals surface area contributed by atoms with Gasteiger partial charge in [0.2, 0.25) is 0 Å². The summed E-state index contributed by atoms with van der Waals surface area (Å²) < 4.78 is 0. The van der Waals surface area contributed by atoms with Gasteiger partial charge in [-0.05, 0) is 31.4 Å². The number of rotatable bonds is 6. The molecule has 0 aliphatic carbocycles. The average Bonchev–Trinajstić information content (AvgIpc) is 2.33. The molecule has 1 rings (SSSR count). The largest absolute Gasteiger partial charge is 0.271 e. The van der Waals surface area contributed by atoms with E-state index in [9.17, 15) is 0 Å². The number of nitrogens with one attached hydrogen (secondary N) is 1. The minimum absolute atomic E-state index is 0.244. The monoisotopic (exact) mass is 252 g/mol. The number of hydrogen-bond donors (Lipinski definition) is 2. The molecule has 1 aromatic rings. The van der Waals surface area contributed by atoms with E-state index in [0.717, 1.165) is 5.75 Å². The summed E-state index contributed by atoms with van der Waals surface area (Å²) >= 11 is 1.98. The highest BCUT2D eigenvalue weighted by atomic mass is 32.2. The molecule has 0 spiro atoms. The first kappa shape index (κ1) is 14.6. The maximum atomic E-state index is 5.69. The lowest BCUT2D eigenvalue weighted by Gasteiger charge is -2.20. The van der Waals surface area contributed by atoms with E-state index in [1.165, 1.54) is 23.1 Å². The predicted molar refractivity (Wildman–Crippen MR) is 78.2 cm³/mol. The van der Waals surface area contributed by atoms with Gasteiger partial charge in [0.1, 0.15) is 0 Å². The van der Waals surface area contributed by atoms with E-state index in [2.05, 4.69) is 51.3 Å². The third-order valence-corrected chi connectivity index (χ3v) is 4.56. The van der Waals surface area contributed by atoms with Crippen molar-refractivity contribution in [1.82, 2.24) is 5.43 Å². The van der Waals surface area contributed by atoms with Crippen molar-refractivity contribution >= 4 is 11.8 Å². The Balaban J connectivity index is 2.75. The van der Waals surface area contributed by atoms with Crippen LogP contribution in [0.5, 0.6) is 0 Å². The van der Waals surface area contributed by atoms with Gasteiger partial charge in [-0.3, -0.25) is 11.3 Å². The maximum absolute atomic E-state index is 5.69. The number of hydrogen-bond acceptors (Lipinski definition) is 3. The van der Waals surface area contributed by atoms with Gasteiger partial charge in [0.05, 0.1) is 6.04 Å². The summed E-state index contributed by atoms with van der Waals surface area (Å²) in [6.07, 6.45) is 1.20. The third-order valence-electron chi connectivity index (χ3n) is 3.13. The van der Waals surface area contributed by atoms with Crippen molar-refractivity contribution in [3.63, 3.8) is 0 Å². The predicted octanol–water partition coefficient (Wildman–Crippen LogP) is 3.34. The first-order valence-electron chi connectivity index (χ1n) is 6.23. The fraction of sp³-hybridized carbons (Fsp3) is 0.571. The number of hydrazine groups is 1. The maximum Gasteiger partial charge on any atom is 0.0553 e. The van der Waals surface area contributed by atoms with Crippen LogP contribution in [0.2, 0.25) is 0 Å². The molecule has 17 heavy (non-hydrogen) atoms. The van der Waals surface area contributed by atoms with Gasteiger partial charge in [0.15, 0.2) is 0 Å². The van der Waals surface area contributed by atoms with Crippen LogP contribution in [0.1, 0.15) is 43.0 Å². The van der Waals surface area contributed by atoms with Crippen molar-refractivity contribution in [3.8, 4) is 0 Å². The molecular weight excluding hydrogens is 228 g/mol. The Morgan fingerprint density at radius 3 is 2.65 bits per heavy atom. The van der Waals surface area contributed by atoms with Crippen molar-refractivity contribution in [2.45, 2.75) is 45.4 Å². The van der Waals surface area contributed by atoms with Gasteiger partial charge < -0.3 is 0 Å². The Morgan fingerprint density at radius 2 is 2.06 bits per heavy atom. The average molecular weight is 252 g/mol. The molecule has 0 saturated heterocycles. The van der Waals surface area contributed by atoms with Gasteiger partial charge in [0, 0.05) is 11.0 Å². The normalized spacial score (nSPS) is 14.6. The molecule has 0 heterocycles. The van der Waals surface area contributed by atoms with Gasteiger partial charge in [-0.25, -0.2) is 0 Å². The molecule has 96 valence electrons. The van der Waals surface area contributed by atoms with Crippen LogP contribution in [0.25, 0.3) is 0 Å². The molecule has 2 atom stereocenters. The summed E-state index contributed by atoms with van der Waals surface area (Å²) in [5, 5.41) is 0.691. The van der Waals surface area contributed by atoms with E-state index in [4.69, 9.17) is 5.84 Å². The SMILES string of the molecule is CCC(C)SCC(NN)c1cc(C)ccc1C. The standard InChI is InChI=1S/C14H24N2S/c1-5-12(4)17-9-14(16-15)13-8-10(2)6-7-11(13)3/h6-8,12,14,16H,5,9,15H2,1-4H3. The summed E-state index contributed by atoms with van der Waals surface area (Å²) in [7, 11) is 0. The van der Waals surface area contributed by atoms with Gasteiger partial charge in [0.25, 0.3) is 0 Å². The van der Waals surface area contributed by atoms with E-state index in [1.807, 2.05) is 11.8 Å². The van der Waals surface area contributed by atoms with Crippen LogP contribution in [-0.2, 0) is 0 Å². The molecule has 1 aromatic carbocycles. The smallest absolute Gasteiger partial charge is 0.0553 e. The Morgan fingerprint density at radius 1 is 1.35 bits per heavy atom. The zero-order valence-corrected chi connectivity index (χ0v) is 12.1. The first-order chi connectivity index (χ1) is 8.08. The second kappa shape index (κ2) is 7.04. The van der Waals surface area contributed by atoms with Crippen LogP contribution in [-0.4, -0.2) is 11.0 Å². The fourth-order valence-corrected chi connectivity index (χ4v) is 2.77. The molecule has 0 aliphatic heterocycles. The molecule has 3 N–H and O–H groups in total. The highest BCUT2D eigenvalue weighted by Gasteiger charge is 2.13. The molecule has 0 radical (unpaired) electrons. The Bertz CT molecular complexity index is 352. The Kier molecular flexibility index (Phi) is 6.03. The molecule has 0 fully saturated rings. The zero-order chi connectivity index (χ0) is 12.8. The van der Waals surface area contributed by atoms with Crippen LogP contribution in [0, 0.1) is 13.8 Å². The van der Waals surface area contributed by atoms with Crippen LogP contribution < -0.4 is 11.3 Å². The minimum atomic E-state index is 0.244. The number of thioether (sulfide) groups is 1. The minimum Gasteiger partial charge on any atom is -0.271 e. The topological polar surface area (TPSA) is 38.0 Å². The molecule has 0 bridgehead atoms. The van der Waals surface area contributed by atoms with Gasteiger partial charge >= 0.3 is 0 Å². The zero-order valence-electron chi connectivity index (χ0n) is 11.3. The number of aryl methyl sites for hydroxylation is 2. The summed E-state index contributed by atoms with van der Waals surface area (Å²) in [5.41, 5.74) is 6.87. The van der Waals surface area contributed by atoms with Gasteiger partial charge in [-0.1, -0.05) is 37.6 Å². The lowest BCUT2D eigenvalue weighted by Crippen LogP contribution is -2.30. The van der Waals surface area contributed by atoms with Crippen LogP contribution in [0.4, 0.5) is 0 Å². The number of benzene rings is 1. The van der Waals surface area contributed by atoms with E-state index >= 15 is 0 Å². The molecular formula is C14H24N2S. The summed E-state index contributed by atoms with van der Waals surface area (Å²) in [4.78, 5) is 0. The van der Waals surface area contributed by atoms with Crippen LogP contribution >= 0.6 is 11.8 Å². The second-order valence-corrected chi connectivity index (χ2v) is 6.10. The highest BCUT2D eigenvalue weighted by Crippen LogP contribution is 2.25. The summed E-state index contributed by atoms with van der Waals surface area (Å²) in [5.74, 6) is 6.71.